The molecule has 1 unspecified atom stereocenters. The maximum atomic E-state index is 4.31. The number of nitrogens with zero attached hydrogens (tertiary/aromatic N) is 4. The van der Waals surface area contributed by atoms with Crippen LogP contribution in [0.5, 0.6) is 0 Å². The van der Waals surface area contributed by atoms with Crippen molar-refractivity contribution >= 4 is 11.0 Å². The fourth-order valence-corrected chi connectivity index (χ4v) is 2.38. The van der Waals surface area contributed by atoms with Crippen molar-refractivity contribution in [3.63, 3.8) is 0 Å². The molecule has 0 N–H and O–H groups in total. The van der Waals surface area contributed by atoms with E-state index in [0.29, 0.717) is 0 Å². The Morgan fingerprint density at radius 1 is 1.17 bits per heavy atom. The lowest BCUT2D eigenvalue weighted by Gasteiger charge is -2.28. The van der Waals surface area contributed by atoms with Gasteiger partial charge in [-0.2, -0.15) is 0 Å². The van der Waals surface area contributed by atoms with E-state index in [-0.39, 0.29) is 6.17 Å². The molecule has 0 fully saturated rings. The topological polar surface area (TPSA) is 34.0 Å². The van der Waals surface area contributed by atoms with Crippen molar-refractivity contribution in [2.45, 2.75) is 39.8 Å². The van der Waals surface area contributed by atoms with Crippen molar-refractivity contribution in [3.8, 4) is 0 Å². The molecule has 0 spiro atoms. The monoisotopic (exact) mass is 246 g/mol. The van der Waals surface area contributed by atoms with E-state index >= 15 is 0 Å². The van der Waals surface area contributed by atoms with E-state index in [9.17, 15) is 0 Å². The third kappa shape index (κ3) is 2.53. The fourth-order valence-electron chi connectivity index (χ4n) is 2.38. The Balaban J connectivity index is 2.28. The Bertz CT molecular complexity index is 485. The Hall–Kier alpha value is -1.42. The molecule has 0 aliphatic carbocycles. The molecule has 4 nitrogen and oxygen atoms in total. The zero-order valence-electron chi connectivity index (χ0n) is 11.5. The van der Waals surface area contributed by atoms with Crippen LogP contribution in [0.25, 0.3) is 11.0 Å². The standard InChI is InChI=1S/C14H22N4/c1-4-10-17(11-5-2)12(3)18-14-9-7-6-8-13(14)15-16-18/h6-9,12H,4-5,10-11H2,1-3H3. The summed E-state index contributed by atoms with van der Waals surface area (Å²) < 4.78 is 2.03. The smallest absolute Gasteiger partial charge is 0.113 e. The van der Waals surface area contributed by atoms with Crippen LogP contribution in [0.15, 0.2) is 24.3 Å². The molecular weight excluding hydrogens is 224 g/mol. The van der Waals surface area contributed by atoms with Gasteiger partial charge in [-0.1, -0.05) is 31.2 Å². The predicted octanol–water partition coefficient (Wildman–Crippen LogP) is 3.07. The van der Waals surface area contributed by atoms with Gasteiger partial charge in [0, 0.05) is 0 Å². The molecule has 0 saturated carbocycles. The highest BCUT2D eigenvalue weighted by molar-refractivity contribution is 5.73. The number of hydrogen-bond acceptors (Lipinski definition) is 3. The van der Waals surface area contributed by atoms with Crippen molar-refractivity contribution in [2.24, 2.45) is 0 Å². The molecule has 98 valence electrons. The van der Waals surface area contributed by atoms with Gasteiger partial charge in [-0.3, -0.25) is 4.90 Å². The number of rotatable bonds is 6. The Morgan fingerprint density at radius 2 is 1.83 bits per heavy atom. The molecular formula is C14H22N4. The molecule has 1 aromatic carbocycles. The second-order valence-corrected chi connectivity index (χ2v) is 4.69. The first-order valence-corrected chi connectivity index (χ1v) is 6.81. The maximum Gasteiger partial charge on any atom is 0.113 e. The highest BCUT2D eigenvalue weighted by Crippen LogP contribution is 2.18. The summed E-state index contributed by atoms with van der Waals surface area (Å²) >= 11 is 0. The molecule has 0 saturated heterocycles. The summed E-state index contributed by atoms with van der Waals surface area (Å²) in [7, 11) is 0. The lowest BCUT2D eigenvalue weighted by molar-refractivity contribution is 0.145. The lowest BCUT2D eigenvalue weighted by Crippen LogP contribution is -2.32. The molecule has 2 aromatic rings. The van der Waals surface area contributed by atoms with Gasteiger partial charge in [0.2, 0.25) is 0 Å². The quantitative estimate of drug-likeness (QED) is 0.785. The molecule has 0 amide bonds. The van der Waals surface area contributed by atoms with E-state index in [4.69, 9.17) is 0 Å². The Morgan fingerprint density at radius 3 is 2.50 bits per heavy atom. The molecule has 1 heterocycles. The SMILES string of the molecule is CCCN(CCC)C(C)n1nnc2ccccc21. The lowest BCUT2D eigenvalue weighted by atomic mass is 10.3. The fraction of sp³-hybridized carbons (Fsp3) is 0.571. The summed E-state index contributed by atoms with van der Waals surface area (Å²) in [6, 6.07) is 8.14. The second-order valence-electron chi connectivity index (χ2n) is 4.69. The third-order valence-corrected chi connectivity index (χ3v) is 3.28. The molecule has 4 heteroatoms. The van der Waals surface area contributed by atoms with E-state index in [1.807, 2.05) is 22.9 Å². The van der Waals surface area contributed by atoms with Gasteiger partial charge in [-0.15, -0.1) is 5.10 Å². The van der Waals surface area contributed by atoms with Gasteiger partial charge in [-0.25, -0.2) is 4.68 Å². The summed E-state index contributed by atoms with van der Waals surface area (Å²) in [6.07, 6.45) is 2.59. The zero-order valence-corrected chi connectivity index (χ0v) is 11.5. The molecule has 0 aliphatic rings. The van der Waals surface area contributed by atoms with Gasteiger partial charge in [0.25, 0.3) is 0 Å². The summed E-state index contributed by atoms with van der Waals surface area (Å²) in [5, 5.41) is 8.53. The number of para-hydroxylation sites is 1. The molecule has 1 aromatic heterocycles. The number of benzene rings is 1. The van der Waals surface area contributed by atoms with Crippen LogP contribution < -0.4 is 0 Å². The first kappa shape index (κ1) is 13.0. The summed E-state index contributed by atoms with van der Waals surface area (Å²) in [5.41, 5.74) is 2.08. The zero-order chi connectivity index (χ0) is 13.0. The van der Waals surface area contributed by atoms with Crippen molar-refractivity contribution in [1.29, 1.82) is 0 Å². The normalized spacial score (nSPS) is 13.3. The number of fused-ring (bicyclic) bond motifs is 1. The van der Waals surface area contributed by atoms with Crippen molar-refractivity contribution in [1.82, 2.24) is 19.9 Å². The van der Waals surface area contributed by atoms with E-state index < -0.39 is 0 Å². The summed E-state index contributed by atoms with van der Waals surface area (Å²) in [4.78, 5) is 2.46. The summed E-state index contributed by atoms with van der Waals surface area (Å²) in [6.45, 7) is 8.84. The van der Waals surface area contributed by atoms with Crippen LogP contribution in [0.2, 0.25) is 0 Å². The second kappa shape index (κ2) is 5.96. The minimum absolute atomic E-state index is 0.261. The highest BCUT2D eigenvalue weighted by atomic mass is 15.5. The average Bonchev–Trinajstić information content (AvgIpc) is 2.81. The van der Waals surface area contributed by atoms with Crippen LogP contribution in [0.1, 0.15) is 39.8 Å². The average molecular weight is 246 g/mol. The van der Waals surface area contributed by atoms with Gasteiger partial charge < -0.3 is 0 Å². The number of aromatic nitrogens is 3. The van der Waals surface area contributed by atoms with Crippen molar-refractivity contribution in [2.75, 3.05) is 13.1 Å². The van der Waals surface area contributed by atoms with E-state index in [2.05, 4.69) is 42.0 Å². The third-order valence-electron chi connectivity index (χ3n) is 3.28. The van der Waals surface area contributed by atoms with Crippen molar-refractivity contribution < 1.29 is 0 Å². The van der Waals surface area contributed by atoms with Crippen LogP contribution in [0, 0.1) is 0 Å². The van der Waals surface area contributed by atoms with Crippen molar-refractivity contribution in [3.05, 3.63) is 24.3 Å². The minimum atomic E-state index is 0.261. The number of hydrogen-bond donors (Lipinski definition) is 0. The first-order valence-electron chi connectivity index (χ1n) is 6.81. The van der Waals surface area contributed by atoms with Gasteiger partial charge in [-0.05, 0) is 45.0 Å². The Labute approximate surface area is 109 Å². The van der Waals surface area contributed by atoms with Gasteiger partial charge in [0.15, 0.2) is 0 Å². The minimum Gasteiger partial charge on any atom is -0.282 e. The molecule has 1 atom stereocenters. The van der Waals surface area contributed by atoms with Gasteiger partial charge in [0.05, 0.1) is 5.52 Å². The first-order chi connectivity index (χ1) is 8.77. The van der Waals surface area contributed by atoms with Crippen LogP contribution in [-0.2, 0) is 0 Å². The molecule has 0 aliphatic heterocycles. The van der Waals surface area contributed by atoms with Crippen LogP contribution in [-0.4, -0.2) is 33.0 Å². The van der Waals surface area contributed by atoms with Crippen LogP contribution >= 0.6 is 0 Å². The van der Waals surface area contributed by atoms with Gasteiger partial charge in [0.1, 0.15) is 11.7 Å². The Kier molecular flexibility index (Phi) is 4.31. The van der Waals surface area contributed by atoms with Crippen LogP contribution in [0.3, 0.4) is 0 Å². The summed E-state index contributed by atoms with van der Waals surface area (Å²) in [5.74, 6) is 0. The highest BCUT2D eigenvalue weighted by Gasteiger charge is 2.17. The van der Waals surface area contributed by atoms with E-state index in [0.717, 1.165) is 37.0 Å². The van der Waals surface area contributed by atoms with Gasteiger partial charge >= 0.3 is 0 Å². The van der Waals surface area contributed by atoms with Crippen LogP contribution in [0.4, 0.5) is 0 Å². The molecule has 0 radical (unpaired) electrons. The molecule has 18 heavy (non-hydrogen) atoms. The molecule has 0 bridgehead atoms. The largest absolute Gasteiger partial charge is 0.282 e. The van der Waals surface area contributed by atoms with E-state index in [1.165, 1.54) is 0 Å². The molecule has 2 rings (SSSR count). The van der Waals surface area contributed by atoms with E-state index in [1.54, 1.807) is 0 Å². The maximum absolute atomic E-state index is 4.31. The predicted molar refractivity (Wildman–Crippen MR) is 74.4 cm³/mol.